The average Bonchev–Trinajstić information content (AvgIpc) is 2.69. The van der Waals surface area contributed by atoms with Crippen LogP contribution in [0, 0.1) is 0 Å². The van der Waals surface area contributed by atoms with E-state index in [2.05, 4.69) is 4.98 Å². The second-order valence-corrected chi connectivity index (χ2v) is 5.87. The van der Waals surface area contributed by atoms with Gasteiger partial charge in [-0.3, -0.25) is 9.59 Å². The number of carbonyl (C=O) groups excluding carboxylic acids is 1. The Morgan fingerprint density at radius 2 is 1.62 bits per heavy atom. The number of hydrogen-bond acceptors (Lipinski definition) is 3. The number of pyridine rings is 1. The van der Waals surface area contributed by atoms with E-state index in [0.29, 0.717) is 18.8 Å². The SMILES string of the molecule is CN(CCOc1ccccc1)C(=O)c1ccc(-c2ccccc2)[nH]c1=O. The monoisotopic (exact) mass is 348 g/mol. The minimum Gasteiger partial charge on any atom is -0.492 e. The van der Waals surface area contributed by atoms with Crippen LogP contribution in [0.15, 0.2) is 77.6 Å². The summed E-state index contributed by atoms with van der Waals surface area (Å²) in [6.07, 6.45) is 0. The van der Waals surface area contributed by atoms with Crippen LogP contribution in [0.25, 0.3) is 11.3 Å². The zero-order valence-corrected chi connectivity index (χ0v) is 14.5. The molecule has 1 amide bonds. The van der Waals surface area contributed by atoms with E-state index in [9.17, 15) is 9.59 Å². The third-order valence-corrected chi connectivity index (χ3v) is 4.01. The maximum absolute atomic E-state index is 12.5. The molecule has 0 atom stereocenters. The lowest BCUT2D eigenvalue weighted by Crippen LogP contribution is -2.34. The number of rotatable bonds is 6. The van der Waals surface area contributed by atoms with Crippen molar-refractivity contribution in [1.29, 1.82) is 0 Å². The fraction of sp³-hybridized carbons (Fsp3) is 0.143. The summed E-state index contributed by atoms with van der Waals surface area (Å²) in [5.41, 5.74) is 1.30. The van der Waals surface area contributed by atoms with Crippen molar-refractivity contribution < 1.29 is 9.53 Å². The molecule has 2 aromatic carbocycles. The molecule has 0 fully saturated rings. The predicted octanol–water partition coefficient (Wildman–Crippen LogP) is 3.19. The molecular formula is C21H20N2O3. The molecule has 1 aromatic heterocycles. The van der Waals surface area contributed by atoms with Crippen molar-refractivity contribution in [2.75, 3.05) is 20.2 Å². The summed E-state index contributed by atoms with van der Waals surface area (Å²) in [4.78, 5) is 29.1. The van der Waals surface area contributed by atoms with Crippen molar-refractivity contribution in [3.8, 4) is 17.0 Å². The van der Waals surface area contributed by atoms with Gasteiger partial charge < -0.3 is 14.6 Å². The van der Waals surface area contributed by atoms with Gasteiger partial charge in [0.15, 0.2) is 0 Å². The molecule has 3 aromatic rings. The van der Waals surface area contributed by atoms with E-state index >= 15 is 0 Å². The Bertz CT molecular complexity index is 921. The molecule has 0 bridgehead atoms. The molecule has 1 heterocycles. The van der Waals surface area contributed by atoms with Crippen LogP contribution in [0.1, 0.15) is 10.4 Å². The van der Waals surface area contributed by atoms with E-state index < -0.39 is 5.56 Å². The Kier molecular flexibility index (Phi) is 5.49. The fourth-order valence-electron chi connectivity index (χ4n) is 2.55. The molecule has 1 N–H and O–H groups in total. The van der Waals surface area contributed by atoms with Gasteiger partial charge in [0, 0.05) is 12.7 Å². The first-order valence-electron chi connectivity index (χ1n) is 8.37. The molecule has 5 nitrogen and oxygen atoms in total. The van der Waals surface area contributed by atoms with Crippen LogP contribution in [0.2, 0.25) is 0 Å². The van der Waals surface area contributed by atoms with E-state index in [1.165, 1.54) is 4.90 Å². The van der Waals surface area contributed by atoms with Crippen molar-refractivity contribution in [2.45, 2.75) is 0 Å². The van der Waals surface area contributed by atoms with Crippen molar-refractivity contribution in [3.05, 3.63) is 88.7 Å². The molecule has 26 heavy (non-hydrogen) atoms. The molecule has 3 rings (SSSR count). The molecule has 0 aliphatic heterocycles. The van der Waals surface area contributed by atoms with Gasteiger partial charge in [-0.2, -0.15) is 0 Å². The largest absolute Gasteiger partial charge is 0.492 e. The van der Waals surface area contributed by atoms with Crippen molar-refractivity contribution in [3.63, 3.8) is 0 Å². The van der Waals surface area contributed by atoms with Gasteiger partial charge in [-0.15, -0.1) is 0 Å². The topological polar surface area (TPSA) is 62.4 Å². The Labute approximate surface area is 151 Å². The number of carbonyl (C=O) groups is 1. The second kappa shape index (κ2) is 8.16. The summed E-state index contributed by atoms with van der Waals surface area (Å²) in [5.74, 6) is 0.418. The average molecular weight is 348 g/mol. The summed E-state index contributed by atoms with van der Waals surface area (Å²) >= 11 is 0. The number of amides is 1. The summed E-state index contributed by atoms with van der Waals surface area (Å²) in [5, 5.41) is 0. The standard InChI is InChI=1S/C21H20N2O3/c1-23(14-15-26-17-10-6-3-7-11-17)21(25)18-12-13-19(22-20(18)24)16-8-4-2-5-9-16/h2-13H,14-15H2,1H3,(H,22,24). The summed E-state index contributed by atoms with van der Waals surface area (Å²) in [6.45, 7) is 0.736. The first-order valence-corrected chi connectivity index (χ1v) is 8.37. The lowest BCUT2D eigenvalue weighted by Gasteiger charge is -2.17. The highest BCUT2D eigenvalue weighted by atomic mass is 16.5. The van der Waals surface area contributed by atoms with Gasteiger partial charge >= 0.3 is 0 Å². The number of ether oxygens (including phenoxy) is 1. The van der Waals surface area contributed by atoms with Gasteiger partial charge in [0.05, 0.1) is 6.54 Å². The number of benzene rings is 2. The third-order valence-electron chi connectivity index (χ3n) is 4.01. The highest BCUT2D eigenvalue weighted by Crippen LogP contribution is 2.15. The number of aromatic amines is 1. The van der Waals surface area contributed by atoms with E-state index in [0.717, 1.165) is 11.3 Å². The van der Waals surface area contributed by atoms with Gasteiger partial charge in [-0.05, 0) is 29.8 Å². The number of likely N-dealkylation sites (N-methyl/N-ethyl adjacent to an activating group) is 1. The molecule has 0 unspecified atom stereocenters. The van der Waals surface area contributed by atoms with Crippen LogP contribution >= 0.6 is 0 Å². The Hall–Kier alpha value is -3.34. The normalized spacial score (nSPS) is 10.3. The molecule has 5 heteroatoms. The molecule has 0 saturated heterocycles. The van der Waals surface area contributed by atoms with E-state index in [-0.39, 0.29) is 11.5 Å². The maximum Gasteiger partial charge on any atom is 0.261 e. The molecule has 0 spiro atoms. The zero-order valence-electron chi connectivity index (χ0n) is 14.5. The Morgan fingerprint density at radius 1 is 0.962 bits per heavy atom. The number of H-pyrrole nitrogens is 1. The van der Waals surface area contributed by atoms with Crippen LogP contribution in [0.3, 0.4) is 0 Å². The molecule has 132 valence electrons. The van der Waals surface area contributed by atoms with Crippen molar-refractivity contribution >= 4 is 5.91 Å². The first-order chi connectivity index (χ1) is 12.6. The number of nitrogens with one attached hydrogen (secondary N) is 1. The van der Waals surface area contributed by atoms with Crippen LogP contribution < -0.4 is 10.3 Å². The number of hydrogen-bond donors (Lipinski definition) is 1. The third kappa shape index (κ3) is 4.19. The number of para-hydroxylation sites is 1. The molecular weight excluding hydrogens is 328 g/mol. The van der Waals surface area contributed by atoms with Gasteiger partial charge in [-0.1, -0.05) is 48.5 Å². The molecule has 0 aliphatic carbocycles. The smallest absolute Gasteiger partial charge is 0.261 e. The quantitative estimate of drug-likeness (QED) is 0.744. The fourth-order valence-corrected chi connectivity index (χ4v) is 2.55. The van der Waals surface area contributed by atoms with Crippen molar-refractivity contribution in [1.82, 2.24) is 9.88 Å². The summed E-state index contributed by atoms with van der Waals surface area (Å²) in [6, 6.07) is 22.2. The molecule has 0 radical (unpaired) electrons. The minimum absolute atomic E-state index is 0.117. The van der Waals surface area contributed by atoms with Gasteiger partial charge in [0.25, 0.3) is 11.5 Å². The van der Waals surface area contributed by atoms with Gasteiger partial charge in [0.2, 0.25) is 0 Å². The zero-order chi connectivity index (χ0) is 18.4. The minimum atomic E-state index is -0.396. The first kappa shape index (κ1) is 17.5. The highest BCUT2D eigenvalue weighted by Gasteiger charge is 2.16. The van der Waals surface area contributed by atoms with Gasteiger partial charge in [-0.25, -0.2) is 0 Å². The maximum atomic E-state index is 12.5. The highest BCUT2D eigenvalue weighted by molar-refractivity contribution is 5.93. The van der Waals surface area contributed by atoms with E-state index in [4.69, 9.17) is 4.74 Å². The number of aromatic nitrogens is 1. The van der Waals surface area contributed by atoms with Gasteiger partial charge in [0.1, 0.15) is 17.9 Å². The molecule has 0 saturated carbocycles. The Morgan fingerprint density at radius 3 is 2.27 bits per heavy atom. The van der Waals surface area contributed by atoms with Crippen LogP contribution in [-0.4, -0.2) is 36.0 Å². The van der Waals surface area contributed by atoms with E-state index in [1.807, 2.05) is 60.7 Å². The lowest BCUT2D eigenvalue weighted by atomic mass is 10.1. The number of nitrogens with zero attached hydrogens (tertiary/aromatic N) is 1. The van der Waals surface area contributed by atoms with E-state index in [1.54, 1.807) is 19.2 Å². The Balaban J connectivity index is 1.64. The van der Waals surface area contributed by atoms with Crippen LogP contribution in [0.5, 0.6) is 5.75 Å². The van der Waals surface area contributed by atoms with Crippen LogP contribution in [0.4, 0.5) is 0 Å². The second-order valence-electron chi connectivity index (χ2n) is 5.87. The molecule has 0 aliphatic rings. The summed E-state index contributed by atoms with van der Waals surface area (Å²) in [7, 11) is 1.65. The van der Waals surface area contributed by atoms with Crippen molar-refractivity contribution in [2.24, 2.45) is 0 Å². The van der Waals surface area contributed by atoms with Crippen LogP contribution in [-0.2, 0) is 0 Å². The predicted molar refractivity (Wildman–Crippen MR) is 101 cm³/mol. The lowest BCUT2D eigenvalue weighted by molar-refractivity contribution is 0.0772. The summed E-state index contributed by atoms with van der Waals surface area (Å²) < 4.78 is 5.59.